The third kappa shape index (κ3) is 2.73. The number of nitrogens with two attached hydrogens (primary N) is 1. The second kappa shape index (κ2) is 4.84. The van der Waals surface area contributed by atoms with Crippen LogP contribution in [0.2, 0.25) is 0 Å². The number of likely N-dealkylation sites (tertiary alicyclic amines) is 1. The van der Waals surface area contributed by atoms with Crippen LogP contribution >= 0.6 is 0 Å². The predicted octanol–water partition coefficient (Wildman–Crippen LogP) is 2.09. The van der Waals surface area contributed by atoms with Crippen molar-refractivity contribution in [1.29, 1.82) is 0 Å². The first-order valence-corrected chi connectivity index (χ1v) is 6.66. The van der Waals surface area contributed by atoms with Crippen LogP contribution in [0.15, 0.2) is 0 Å². The van der Waals surface area contributed by atoms with Crippen LogP contribution in [0.25, 0.3) is 0 Å². The van der Waals surface area contributed by atoms with E-state index < -0.39 is 0 Å². The van der Waals surface area contributed by atoms with Gasteiger partial charge in [0.15, 0.2) is 0 Å². The van der Waals surface area contributed by atoms with Crippen LogP contribution in [-0.2, 0) is 0 Å². The zero-order valence-corrected chi connectivity index (χ0v) is 10.3. The number of hydrogen-bond acceptors (Lipinski definition) is 2. The second-order valence-corrected chi connectivity index (χ2v) is 5.85. The smallest absolute Gasteiger partial charge is 0.0164 e. The maximum atomic E-state index is 5.93. The molecule has 88 valence electrons. The first-order chi connectivity index (χ1) is 7.22. The molecule has 1 saturated heterocycles. The Hall–Kier alpha value is -0.0800. The Balaban J connectivity index is 1.99. The number of piperidine rings is 1. The van der Waals surface area contributed by atoms with Crippen LogP contribution < -0.4 is 5.73 Å². The first-order valence-electron chi connectivity index (χ1n) is 6.66. The SMILES string of the molecule is CC(C)CN1CCC[C@H](CN)[C@H]1C1CC1. The van der Waals surface area contributed by atoms with Crippen LogP contribution in [0.4, 0.5) is 0 Å². The van der Waals surface area contributed by atoms with Gasteiger partial charge in [-0.15, -0.1) is 0 Å². The molecule has 0 aromatic rings. The topological polar surface area (TPSA) is 29.3 Å². The van der Waals surface area contributed by atoms with E-state index >= 15 is 0 Å². The minimum Gasteiger partial charge on any atom is -0.330 e. The summed E-state index contributed by atoms with van der Waals surface area (Å²) in [4.78, 5) is 2.74. The predicted molar refractivity (Wildman–Crippen MR) is 64.7 cm³/mol. The first kappa shape index (κ1) is 11.4. The standard InChI is InChI=1S/C13H26N2/c1-10(2)9-15-7-3-4-12(8-14)13(15)11-5-6-11/h10-13H,3-9,14H2,1-2H3/t12-,13-/m1/s1. The van der Waals surface area contributed by atoms with Gasteiger partial charge in [0.2, 0.25) is 0 Å². The summed E-state index contributed by atoms with van der Waals surface area (Å²) in [5.41, 5.74) is 5.93. The van der Waals surface area contributed by atoms with E-state index in [4.69, 9.17) is 5.73 Å². The highest BCUT2D eigenvalue weighted by Crippen LogP contribution is 2.41. The van der Waals surface area contributed by atoms with Gasteiger partial charge < -0.3 is 5.73 Å². The van der Waals surface area contributed by atoms with Crippen molar-refractivity contribution in [2.24, 2.45) is 23.5 Å². The average molecular weight is 210 g/mol. The molecular formula is C13H26N2. The molecule has 2 fully saturated rings. The van der Waals surface area contributed by atoms with Crippen molar-refractivity contribution < 1.29 is 0 Å². The summed E-state index contributed by atoms with van der Waals surface area (Å²) in [6.07, 6.45) is 5.63. The van der Waals surface area contributed by atoms with E-state index in [-0.39, 0.29) is 0 Å². The summed E-state index contributed by atoms with van der Waals surface area (Å²) < 4.78 is 0. The maximum absolute atomic E-state index is 5.93. The largest absolute Gasteiger partial charge is 0.330 e. The van der Waals surface area contributed by atoms with E-state index in [2.05, 4.69) is 18.7 Å². The summed E-state index contributed by atoms with van der Waals surface area (Å²) in [7, 11) is 0. The fourth-order valence-corrected chi connectivity index (χ4v) is 3.23. The fourth-order valence-electron chi connectivity index (χ4n) is 3.23. The van der Waals surface area contributed by atoms with E-state index in [0.29, 0.717) is 0 Å². The lowest BCUT2D eigenvalue weighted by Crippen LogP contribution is -2.50. The molecule has 2 aliphatic rings. The van der Waals surface area contributed by atoms with Gasteiger partial charge >= 0.3 is 0 Å². The Kier molecular flexibility index (Phi) is 3.68. The summed E-state index contributed by atoms with van der Waals surface area (Å²) in [6.45, 7) is 8.15. The summed E-state index contributed by atoms with van der Waals surface area (Å²) in [6, 6.07) is 0.825. The average Bonchev–Trinajstić information content (AvgIpc) is 3.00. The van der Waals surface area contributed by atoms with Gasteiger partial charge in [-0.25, -0.2) is 0 Å². The van der Waals surface area contributed by atoms with E-state index in [0.717, 1.165) is 30.3 Å². The highest BCUT2D eigenvalue weighted by Gasteiger charge is 2.41. The second-order valence-electron chi connectivity index (χ2n) is 5.85. The van der Waals surface area contributed by atoms with Gasteiger partial charge in [-0.1, -0.05) is 13.8 Å². The molecule has 2 nitrogen and oxygen atoms in total. The van der Waals surface area contributed by atoms with Crippen LogP contribution in [0, 0.1) is 17.8 Å². The van der Waals surface area contributed by atoms with Gasteiger partial charge in [0.05, 0.1) is 0 Å². The molecule has 1 heterocycles. The van der Waals surface area contributed by atoms with E-state index in [1.165, 1.54) is 38.8 Å². The molecule has 15 heavy (non-hydrogen) atoms. The third-order valence-electron chi connectivity index (χ3n) is 3.93. The zero-order chi connectivity index (χ0) is 10.8. The Bertz CT molecular complexity index is 199. The molecule has 0 unspecified atom stereocenters. The van der Waals surface area contributed by atoms with Crippen LogP contribution in [0.1, 0.15) is 39.5 Å². The normalized spacial score (nSPS) is 33.6. The van der Waals surface area contributed by atoms with Gasteiger partial charge in [0.1, 0.15) is 0 Å². The molecule has 1 aliphatic heterocycles. The molecule has 2 N–H and O–H groups in total. The zero-order valence-electron chi connectivity index (χ0n) is 10.3. The summed E-state index contributed by atoms with van der Waals surface area (Å²) >= 11 is 0. The molecule has 0 bridgehead atoms. The Labute approximate surface area is 94.2 Å². The van der Waals surface area contributed by atoms with Crippen molar-refractivity contribution in [2.45, 2.75) is 45.6 Å². The van der Waals surface area contributed by atoms with Crippen molar-refractivity contribution in [2.75, 3.05) is 19.6 Å². The molecular weight excluding hydrogens is 184 g/mol. The van der Waals surface area contributed by atoms with Crippen molar-refractivity contribution in [3.8, 4) is 0 Å². The highest BCUT2D eigenvalue weighted by atomic mass is 15.2. The lowest BCUT2D eigenvalue weighted by atomic mass is 9.85. The molecule has 0 radical (unpaired) electrons. The molecule has 0 spiro atoms. The fraction of sp³-hybridized carbons (Fsp3) is 1.00. The van der Waals surface area contributed by atoms with Crippen molar-refractivity contribution in [3.05, 3.63) is 0 Å². The lowest BCUT2D eigenvalue weighted by Gasteiger charge is -2.42. The Morgan fingerprint density at radius 1 is 1.27 bits per heavy atom. The minimum atomic E-state index is 0.782. The number of nitrogens with zero attached hydrogens (tertiary/aromatic N) is 1. The molecule has 1 aliphatic carbocycles. The molecule has 0 aromatic carbocycles. The lowest BCUT2D eigenvalue weighted by molar-refractivity contribution is 0.0693. The van der Waals surface area contributed by atoms with E-state index in [1.54, 1.807) is 0 Å². The molecule has 1 saturated carbocycles. The van der Waals surface area contributed by atoms with Gasteiger partial charge in [-0.05, 0) is 56.5 Å². The highest BCUT2D eigenvalue weighted by molar-refractivity contribution is 4.95. The van der Waals surface area contributed by atoms with Gasteiger partial charge in [-0.2, -0.15) is 0 Å². The van der Waals surface area contributed by atoms with Crippen molar-refractivity contribution in [1.82, 2.24) is 4.90 Å². The molecule has 2 heteroatoms. The molecule has 2 rings (SSSR count). The van der Waals surface area contributed by atoms with Crippen molar-refractivity contribution >= 4 is 0 Å². The third-order valence-corrected chi connectivity index (χ3v) is 3.93. The van der Waals surface area contributed by atoms with Gasteiger partial charge in [-0.3, -0.25) is 4.90 Å². The van der Waals surface area contributed by atoms with Crippen LogP contribution in [0.5, 0.6) is 0 Å². The number of hydrogen-bond donors (Lipinski definition) is 1. The summed E-state index contributed by atoms with van der Waals surface area (Å²) in [5.74, 6) is 2.56. The molecule has 2 atom stereocenters. The van der Waals surface area contributed by atoms with Crippen molar-refractivity contribution in [3.63, 3.8) is 0 Å². The van der Waals surface area contributed by atoms with Gasteiger partial charge in [0.25, 0.3) is 0 Å². The van der Waals surface area contributed by atoms with Gasteiger partial charge in [0, 0.05) is 12.6 Å². The van der Waals surface area contributed by atoms with Crippen LogP contribution in [-0.4, -0.2) is 30.6 Å². The summed E-state index contributed by atoms with van der Waals surface area (Å²) in [5, 5.41) is 0. The van der Waals surface area contributed by atoms with Crippen LogP contribution in [0.3, 0.4) is 0 Å². The Morgan fingerprint density at radius 2 is 2.00 bits per heavy atom. The molecule has 0 amide bonds. The maximum Gasteiger partial charge on any atom is 0.0164 e. The molecule has 0 aromatic heterocycles. The van der Waals surface area contributed by atoms with E-state index in [9.17, 15) is 0 Å². The Morgan fingerprint density at radius 3 is 2.53 bits per heavy atom. The minimum absolute atomic E-state index is 0.782. The number of rotatable bonds is 4. The monoisotopic (exact) mass is 210 g/mol. The quantitative estimate of drug-likeness (QED) is 0.770. The van der Waals surface area contributed by atoms with E-state index in [1.807, 2.05) is 0 Å².